The highest BCUT2D eigenvalue weighted by molar-refractivity contribution is 5.83. The zero-order valence-corrected chi connectivity index (χ0v) is 12.0. The van der Waals surface area contributed by atoms with Gasteiger partial charge in [-0.15, -0.1) is 0 Å². The van der Waals surface area contributed by atoms with Crippen molar-refractivity contribution in [1.29, 1.82) is 0 Å². The van der Waals surface area contributed by atoms with Crippen molar-refractivity contribution in [3.05, 3.63) is 65.7 Å². The summed E-state index contributed by atoms with van der Waals surface area (Å²) >= 11 is 0. The number of hydrogen-bond donors (Lipinski definition) is 3. The molecule has 0 heterocycles. The standard InChI is InChI=1S/C17H20N2O2/c1-12(13-5-3-2-4-6-13)17(21)19-11-16(20)14-7-9-15(18)10-8-14/h2-10,12,16,20H,11,18H2,1H3,(H,19,21). The molecular formula is C17H20N2O2. The van der Waals surface area contributed by atoms with E-state index in [-0.39, 0.29) is 18.4 Å². The zero-order chi connectivity index (χ0) is 15.2. The second-order valence-corrected chi connectivity index (χ2v) is 5.06. The van der Waals surface area contributed by atoms with Gasteiger partial charge in [0.1, 0.15) is 0 Å². The summed E-state index contributed by atoms with van der Waals surface area (Å²) in [6.45, 7) is 2.03. The number of rotatable bonds is 5. The molecule has 1 amide bonds. The van der Waals surface area contributed by atoms with E-state index >= 15 is 0 Å². The number of aliphatic hydroxyl groups is 1. The minimum Gasteiger partial charge on any atom is -0.399 e. The van der Waals surface area contributed by atoms with Crippen molar-refractivity contribution in [1.82, 2.24) is 5.32 Å². The number of nitrogens with two attached hydrogens (primary N) is 1. The highest BCUT2D eigenvalue weighted by Gasteiger charge is 2.16. The fourth-order valence-electron chi connectivity index (χ4n) is 2.08. The van der Waals surface area contributed by atoms with E-state index in [1.807, 2.05) is 37.3 Å². The Kier molecular flexibility index (Phi) is 4.95. The first-order valence-electron chi connectivity index (χ1n) is 6.94. The summed E-state index contributed by atoms with van der Waals surface area (Å²) in [4.78, 5) is 12.1. The summed E-state index contributed by atoms with van der Waals surface area (Å²) in [6, 6.07) is 16.5. The van der Waals surface area contributed by atoms with E-state index in [2.05, 4.69) is 5.32 Å². The van der Waals surface area contributed by atoms with Gasteiger partial charge in [0.25, 0.3) is 0 Å². The molecule has 2 aromatic rings. The SMILES string of the molecule is CC(C(=O)NCC(O)c1ccc(N)cc1)c1ccccc1. The molecule has 0 bridgehead atoms. The Labute approximate surface area is 124 Å². The maximum Gasteiger partial charge on any atom is 0.227 e. The number of hydrogen-bond acceptors (Lipinski definition) is 3. The molecule has 2 aromatic carbocycles. The van der Waals surface area contributed by atoms with Gasteiger partial charge in [0.15, 0.2) is 0 Å². The van der Waals surface area contributed by atoms with Crippen LogP contribution < -0.4 is 11.1 Å². The molecule has 0 spiro atoms. The second-order valence-electron chi connectivity index (χ2n) is 5.06. The largest absolute Gasteiger partial charge is 0.399 e. The average molecular weight is 284 g/mol. The van der Waals surface area contributed by atoms with Crippen molar-refractivity contribution in [2.75, 3.05) is 12.3 Å². The van der Waals surface area contributed by atoms with Gasteiger partial charge >= 0.3 is 0 Å². The number of benzene rings is 2. The van der Waals surface area contributed by atoms with Gasteiger partial charge in [0.05, 0.1) is 12.0 Å². The van der Waals surface area contributed by atoms with Crippen LogP contribution in [0.5, 0.6) is 0 Å². The van der Waals surface area contributed by atoms with Crippen LogP contribution >= 0.6 is 0 Å². The molecule has 0 fully saturated rings. The van der Waals surface area contributed by atoms with Crippen LogP contribution in [0.2, 0.25) is 0 Å². The van der Waals surface area contributed by atoms with Crippen LogP contribution in [0.25, 0.3) is 0 Å². The summed E-state index contributed by atoms with van der Waals surface area (Å²) < 4.78 is 0. The van der Waals surface area contributed by atoms with Crippen molar-refractivity contribution in [3.8, 4) is 0 Å². The van der Waals surface area contributed by atoms with E-state index < -0.39 is 6.10 Å². The van der Waals surface area contributed by atoms with E-state index in [1.165, 1.54) is 0 Å². The van der Waals surface area contributed by atoms with Crippen LogP contribution in [0.15, 0.2) is 54.6 Å². The van der Waals surface area contributed by atoms with Crippen molar-refractivity contribution < 1.29 is 9.90 Å². The van der Waals surface area contributed by atoms with E-state index in [1.54, 1.807) is 24.3 Å². The van der Waals surface area contributed by atoms with E-state index in [9.17, 15) is 9.90 Å². The monoisotopic (exact) mass is 284 g/mol. The Morgan fingerprint density at radius 3 is 2.33 bits per heavy atom. The third-order valence-electron chi connectivity index (χ3n) is 3.48. The van der Waals surface area contributed by atoms with Crippen molar-refractivity contribution in [2.45, 2.75) is 18.9 Å². The molecule has 2 unspecified atom stereocenters. The predicted octanol–water partition coefficient (Wildman–Crippen LogP) is 2.22. The summed E-state index contributed by atoms with van der Waals surface area (Å²) in [5.41, 5.74) is 7.94. The zero-order valence-electron chi connectivity index (χ0n) is 12.0. The van der Waals surface area contributed by atoms with Gasteiger partial charge in [-0.05, 0) is 30.2 Å². The number of amides is 1. The smallest absolute Gasteiger partial charge is 0.227 e. The van der Waals surface area contributed by atoms with Gasteiger partial charge in [-0.2, -0.15) is 0 Å². The van der Waals surface area contributed by atoms with Crippen molar-refractivity contribution in [3.63, 3.8) is 0 Å². The van der Waals surface area contributed by atoms with Crippen LogP contribution in [0.4, 0.5) is 5.69 Å². The van der Waals surface area contributed by atoms with E-state index in [0.717, 1.165) is 11.1 Å². The molecule has 4 nitrogen and oxygen atoms in total. The highest BCUT2D eigenvalue weighted by atomic mass is 16.3. The fraction of sp³-hybridized carbons (Fsp3) is 0.235. The lowest BCUT2D eigenvalue weighted by molar-refractivity contribution is -0.122. The number of aliphatic hydroxyl groups excluding tert-OH is 1. The third kappa shape index (κ3) is 4.07. The van der Waals surface area contributed by atoms with E-state index in [4.69, 9.17) is 5.73 Å². The molecule has 21 heavy (non-hydrogen) atoms. The molecule has 110 valence electrons. The van der Waals surface area contributed by atoms with Crippen molar-refractivity contribution in [2.24, 2.45) is 0 Å². The Morgan fingerprint density at radius 1 is 1.10 bits per heavy atom. The van der Waals surface area contributed by atoms with Crippen LogP contribution in [0.1, 0.15) is 30.1 Å². The molecule has 2 atom stereocenters. The first-order chi connectivity index (χ1) is 10.1. The van der Waals surface area contributed by atoms with Crippen molar-refractivity contribution >= 4 is 11.6 Å². The molecule has 0 aromatic heterocycles. The second kappa shape index (κ2) is 6.90. The summed E-state index contributed by atoms with van der Waals surface area (Å²) in [5, 5.41) is 12.8. The van der Waals surface area contributed by atoms with Gasteiger partial charge in [0.2, 0.25) is 5.91 Å². The summed E-state index contributed by atoms with van der Waals surface area (Å²) in [7, 11) is 0. The Balaban J connectivity index is 1.90. The first kappa shape index (κ1) is 15.1. The highest BCUT2D eigenvalue weighted by Crippen LogP contribution is 2.16. The van der Waals surface area contributed by atoms with Gasteiger partial charge in [-0.3, -0.25) is 4.79 Å². The van der Waals surface area contributed by atoms with Crippen LogP contribution in [-0.4, -0.2) is 17.6 Å². The molecule has 0 aliphatic heterocycles. The number of nitrogen functional groups attached to an aromatic ring is 1. The molecule has 2 rings (SSSR count). The van der Waals surface area contributed by atoms with Crippen LogP contribution in [0.3, 0.4) is 0 Å². The Bertz CT molecular complexity index is 581. The minimum absolute atomic E-state index is 0.101. The normalized spacial score (nSPS) is 13.4. The van der Waals surface area contributed by atoms with Crippen LogP contribution in [-0.2, 0) is 4.79 Å². The Hall–Kier alpha value is -2.33. The molecule has 4 heteroatoms. The van der Waals surface area contributed by atoms with Gasteiger partial charge in [0, 0.05) is 12.2 Å². The fourth-order valence-corrected chi connectivity index (χ4v) is 2.08. The number of carbonyl (C=O) groups is 1. The maximum atomic E-state index is 12.1. The average Bonchev–Trinajstić information content (AvgIpc) is 2.53. The van der Waals surface area contributed by atoms with E-state index in [0.29, 0.717) is 5.69 Å². The lowest BCUT2D eigenvalue weighted by Crippen LogP contribution is -2.31. The molecule has 0 radical (unpaired) electrons. The first-order valence-corrected chi connectivity index (χ1v) is 6.94. The van der Waals surface area contributed by atoms with Gasteiger partial charge < -0.3 is 16.2 Å². The minimum atomic E-state index is -0.738. The van der Waals surface area contributed by atoms with Gasteiger partial charge in [-0.25, -0.2) is 0 Å². The van der Waals surface area contributed by atoms with Gasteiger partial charge in [-0.1, -0.05) is 42.5 Å². The molecule has 4 N–H and O–H groups in total. The summed E-state index contributed by atoms with van der Waals surface area (Å²) in [5.74, 6) is -0.347. The molecular weight excluding hydrogens is 264 g/mol. The van der Waals surface area contributed by atoms with Crippen LogP contribution in [0, 0.1) is 0 Å². The topological polar surface area (TPSA) is 75.3 Å². The molecule has 0 aliphatic carbocycles. The molecule has 0 saturated carbocycles. The molecule has 0 saturated heterocycles. The summed E-state index contributed by atoms with van der Waals surface area (Å²) in [6.07, 6.45) is -0.738. The quantitative estimate of drug-likeness (QED) is 0.737. The predicted molar refractivity (Wildman–Crippen MR) is 83.7 cm³/mol. The lowest BCUT2D eigenvalue weighted by atomic mass is 10.0. The Morgan fingerprint density at radius 2 is 1.71 bits per heavy atom. The number of nitrogens with one attached hydrogen (secondary N) is 1. The number of carbonyl (C=O) groups excluding carboxylic acids is 1. The molecule has 0 aliphatic rings. The maximum absolute atomic E-state index is 12.1. The number of anilines is 1. The lowest BCUT2D eigenvalue weighted by Gasteiger charge is -2.16. The third-order valence-corrected chi connectivity index (χ3v) is 3.48.